The molecule has 5 atom stereocenters. The van der Waals surface area contributed by atoms with E-state index in [1.807, 2.05) is 42.5 Å². The van der Waals surface area contributed by atoms with Crippen molar-refractivity contribution in [1.82, 2.24) is 10.2 Å². The van der Waals surface area contributed by atoms with Gasteiger partial charge in [-0.2, -0.15) is 0 Å². The van der Waals surface area contributed by atoms with E-state index < -0.39 is 18.4 Å². The summed E-state index contributed by atoms with van der Waals surface area (Å²) < 4.78 is 18.4. The predicted octanol–water partition coefficient (Wildman–Crippen LogP) is 5.69. The van der Waals surface area contributed by atoms with Gasteiger partial charge >= 0.3 is 5.97 Å². The third-order valence-corrected chi connectivity index (χ3v) is 8.61. The zero-order valence-electron chi connectivity index (χ0n) is 25.9. The van der Waals surface area contributed by atoms with Gasteiger partial charge < -0.3 is 29.5 Å². The summed E-state index contributed by atoms with van der Waals surface area (Å²) >= 11 is 0. The van der Waals surface area contributed by atoms with Gasteiger partial charge in [0, 0.05) is 31.5 Å². The largest absolute Gasteiger partial charge is 0.453 e. The van der Waals surface area contributed by atoms with Gasteiger partial charge in [-0.05, 0) is 72.8 Å². The number of aliphatic hydroxyl groups is 1. The smallest absolute Gasteiger partial charge is 0.303 e. The average Bonchev–Trinajstić information content (AvgIpc) is 3.05. The molecule has 0 aliphatic carbocycles. The highest BCUT2D eigenvalue weighted by atomic mass is 16.7. The van der Waals surface area contributed by atoms with E-state index in [-0.39, 0.29) is 30.6 Å². The molecule has 8 heteroatoms. The maximum atomic E-state index is 12.3. The standard InChI is InChI=1S/C36H44N2O6/c1-24-33(22-38-17-5-4-6-18-38)43-36(44-34(24)29-15-13-27(23-39)14-16-29)32-12-8-11-31(20-32)30-10-7-9-28(19-30)21-37-35(41)25(2)42-26(3)40/h7-16,19-20,24-25,33-34,36,39H,4-6,17-18,21-23H2,1-3H3,(H,37,41). The second-order valence-corrected chi connectivity index (χ2v) is 12.0. The summed E-state index contributed by atoms with van der Waals surface area (Å²) in [4.78, 5) is 26.0. The number of aliphatic hydroxyl groups excluding tert-OH is 1. The monoisotopic (exact) mass is 600 g/mol. The lowest BCUT2D eigenvalue weighted by molar-refractivity contribution is -0.276. The summed E-state index contributed by atoms with van der Waals surface area (Å²) in [6.07, 6.45) is 2.21. The van der Waals surface area contributed by atoms with Gasteiger partial charge in [-0.25, -0.2) is 0 Å². The molecule has 44 heavy (non-hydrogen) atoms. The molecule has 3 aromatic rings. The van der Waals surface area contributed by atoms with Crippen molar-refractivity contribution in [3.63, 3.8) is 0 Å². The van der Waals surface area contributed by atoms with Gasteiger partial charge in [0.15, 0.2) is 12.4 Å². The van der Waals surface area contributed by atoms with Crippen LogP contribution in [-0.4, -0.2) is 53.7 Å². The third kappa shape index (κ3) is 8.12. The number of hydrogen-bond donors (Lipinski definition) is 2. The number of benzene rings is 3. The quantitative estimate of drug-likeness (QED) is 0.289. The number of piperidine rings is 1. The highest BCUT2D eigenvalue weighted by Crippen LogP contribution is 2.42. The predicted molar refractivity (Wildman–Crippen MR) is 168 cm³/mol. The molecule has 2 saturated heterocycles. The minimum absolute atomic E-state index is 0.000614. The van der Waals surface area contributed by atoms with E-state index in [9.17, 15) is 14.7 Å². The summed E-state index contributed by atoms with van der Waals surface area (Å²) in [7, 11) is 0. The van der Waals surface area contributed by atoms with E-state index in [1.165, 1.54) is 26.2 Å². The van der Waals surface area contributed by atoms with Crippen LogP contribution >= 0.6 is 0 Å². The van der Waals surface area contributed by atoms with Gasteiger partial charge in [0.05, 0.1) is 18.8 Å². The molecule has 0 radical (unpaired) electrons. The fraction of sp³-hybridized carbons (Fsp3) is 0.444. The van der Waals surface area contributed by atoms with E-state index in [0.717, 1.165) is 53.0 Å². The van der Waals surface area contributed by atoms with Crippen molar-refractivity contribution in [2.75, 3.05) is 19.6 Å². The third-order valence-electron chi connectivity index (χ3n) is 8.61. The number of carbonyl (C=O) groups is 2. The number of nitrogens with one attached hydrogen (secondary N) is 1. The van der Waals surface area contributed by atoms with Crippen LogP contribution in [0.2, 0.25) is 0 Å². The molecule has 3 aromatic carbocycles. The Morgan fingerprint density at radius 3 is 2.34 bits per heavy atom. The lowest BCUT2D eigenvalue weighted by Crippen LogP contribution is -2.45. The Labute approximate surface area is 260 Å². The summed E-state index contributed by atoms with van der Waals surface area (Å²) in [5, 5.41) is 12.4. The zero-order valence-corrected chi connectivity index (χ0v) is 25.9. The van der Waals surface area contributed by atoms with Gasteiger partial charge in [0.25, 0.3) is 5.91 Å². The minimum Gasteiger partial charge on any atom is -0.453 e. The van der Waals surface area contributed by atoms with Crippen molar-refractivity contribution >= 4 is 11.9 Å². The summed E-state index contributed by atoms with van der Waals surface area (Å²) in [5.74, 6) is -0.682. The molecular weight excluding hydrogens is 556 g/mol. The topological polar surface area (TPSA) is 97.3 Å². The molecule has 0 bridgehead atoms. The molecule has 8 nitrogen and oxygen atoms in total. The first-order chi connectivity index (χ1) is 21.3. The van der Waals surface area contributed by atoms with E-state index in [1.54, 1.807) is 6.92 Å². The summed E-state index contributed by atoms with van der Waals surface area (Å²) in [5.41, 5.74) is 5.87. The Hall–Kier alpha value is -3.56. The molecule has 2 heterocycles. The van der Waals surface area contributed by atoms with Crippen LogP contribution in [0.15, 0.2) is 72.8 Å². The van der Waals surface area contributed by atoms with E-state index in [2.05, 4.69) is 47.5 Å². The van der Waals surface area contributed by atoms with Crippen LogP contribution in [0.1, 0.15) is 74.7 Å². The molecule has 5 rings (SSSR count). The molecule has 2 fully saturated rings. The molecule has 2 aliphatic heterocycles. The van der Waals surface area contributed by atoms with Crippen molar-refractivity contribution in [3.8, 4) is 11.1 Å². The van der Waals surface area contributed by atoms with Crippen LogP contribution < -0.4 is 5.32 Å². The number of hydrogen-bond acceptors (Lipinski definition) is 7. The van der Waals surface area contributed by atoms with Gasteiger partial charge in [-0.1, -0.05) is 74.0 Å². The maximum Gasteiger partial charge on any atom is 0.303 e. The molecule has 234 valence electrons. The van der Waals surface area contributed by atoms with Crippen LogP contribution in [0, 0.1) is 5.92 Å². The molecule has 5 unspecified atom stereocenters. The number of carbonyl (C=O) groups excluding carboxylic acids is 2. The number of esters is 1. The normalized spacial score (nSPS) is 23.1. The second-order valence-electron chi connectivity index (χ2n) is 12.0. The van der Waals surface area contributed by atoms with Crippen molar-refractivity contribution < 1.29 is 28.9 Å². The van der Waals surface area contributed by atoms with Gasteiger partial charge in [0.1, 0.15) is 0 Å². The van der Waals surface area contributed by atoms with E-state index in [0.29, 0.717) is 6.54 Å². The lowest BCUT2D eigenvalue weighted by atomic mass is 9.89. The molecular formula is C36H44N2O6. The number of rotatable bonds is 10. The molecule has 2 aliphatic rings. The fourth-order valence-electron chi connectivity index (χ4n) is 6.09. The van der Waals surface area contributed by atoms with E-state index >= 15 is 0 Å². The van der Waals surface area contributed by atoms with Crippen LogP contribution in [-0.2, 0) is 37.0 Å². The van der Waals surface area contributed by atoms with Crippen LogP contribution in [0.4, 0.5) is 0 Å². The molecule has 1 amide bonds. The Kier molecular flexibility index (Phi) is 10.8. The highest BCUT2D eigenvalue weighted by Gasteiger charge is 2.39. The second kappa shape index (κ2) is 14.9. The lowest BCUT2D eigenvalue weighted by Gasteiger charge is -2.43. The Morgan fingerprint density at radius 1 is 0.932 bits per heavy atom. The van der Waals surface area contributed by atoms with Crippen molar-refractivity contribution in [2.45, 2.75) is 77.8 Å². The number of likely N-dealkylation sites (tertiary alicyclic amines) is 1. The van der Waals surface area contributed by atoms with E-state index in [4.69, 9.17) is 14.2 Å². The zero-order chi connectivity index (χ0) is 31.1. The SMILES string of the molecule is CC(=O)OC(C)C(=O)NCc1cccc(-c2cccc(C3OC(CN4CCCCC4)C(C)C(c4ccc(CO)cc4)O3)c2)c1. The van der Waals surface area contributed by atoms with Crippen molar-refractivity contribution in [3.05, 3.63) is 95.1 Å². The van der Waals surface area contributed by atoms with Gasteiger partial charge in [0.2, 0.25) is 0 Å². The van der Waals surface area contributed by atoms with Gasteiger partial charge in [-0.3, -0.25) is 9.59 Å². The molecule has 0 spiro atoms. The first-order valence-corrected chi connectivity index (χ1v) is 15.7. The average molecular weight is 601 g/mol. The Morgan fingerprint density at radius 2 is 1.64 bits per heavy atom. The molecule has 0 aromatic heterocycles. The first kappa shape index (κ1) is 31.9. The number of amides is 1. The van der Waals surface area contributed by atoms with Crippen LogP contribution in [0.5, 0.6) is 0 Å². The Balaban J connectivity index is 1.35. The first-order valence-electron chi connectivity index (χ1n) is 15.7. The van der Waals surface area contributed by atoms with Crippen LogP contribution in [0.3, 0.4) is 0 Å². The molecule has 0 saturated carbocycles. The fourth-order valence-corrected chi connectivity index (χ4v) is 6.09. The number of ether oxygens (including phenoxy) is 3. The van der Waals surface area contributed by atoms with Gasteiger partial charge in [-0.15, -0.1) is 0 Å². The summed E-state index contributed by atoms with van der Waals surface area (Å²) in [6, 6.07) is 24.3. The maximum absolute atomic E-state index is 12.3. The van der Waals surface area contributed by atoms with Crippen LogP contribution in [0.25, 0.3) is 11.1 Å². The number of nitrogens with zero attached hydrogens (tertiary/aromatic N) is 1. The molecule has 2 N–H and O–H groups in total. The van der Waals surface area contributed by atoms with Crippen molar-refractivity contribution in [2.24, 2.45) is 5.92 Å². The van der Waals surface area contributed by atoms with Crippen molar-refractivity contribution in [1.29, 1.82) is 0 Å². The highest BCUT2D eigenvalue weighted by molar-refractivity contribution is 5.82. The Bertz CT molecular complexity index is 1400. The summed E-state index contributed by atoms with van der Waals surface area (Å²) in [6.45, 7) is 8.46. The minimum atomic E-state index is -0.847.